The van der Waals surface area contributed by atoms with Gasteiger partial charge in [0, 0.05) is 0 Å². The standard InChI is InChI=1S/C12H14N4O/c1-2-7-17-12-5-3-11(4-6-12)8-15-16-9-13-14-10-16/h3-6,8-10H,2,7H2,1H3/b15-8-. The fraction of sp³-hybridized carbons (Fsp3) is 0.250. The highest BCUT2D eigenvalue weighted by Crippen LogP contribution is 2.11. The van der Waals surface area contributed by atoms with Gasteiger partial charge < -0.3 is 4.74 Å². The van der Waals surface area contributed by atoms with E-state index < -0.39 is 0 Å². The molecule has 0 aliphatic heterocycles. The van der Waals surface area contributed by atoms with E-state index in [0.29, 0.717) is 0 Å². The number of hydrogen-bond donors (Lipinski definition) is 0. The molecule has 2 aromatic rings. The highest BCUT2D eigenvalue weighted by Gasteiger charge is 1.93. The highest BCUT2D eigenvalue weighted by molar-refractivity contribution is 5.79. The van der Waals surface area contributed by atoms with E-state index in [-0.39, 0.29) is 0 Å². The van der Waals surface area contributed by atoms with Crippen molar-refractivity contribution >= 4 is 6.21 Å². The van der Waals surface area contributed by atoms with Gasteiger partial charge in [-0.3, -0.25) is 0 Å². The maximum atomic E-state index is 5.49. The number of hydrogen-bond acceptors (Lipinski definition) is 4. The quantitative estimate of drug-likeness (QED) is 0.738. The van der Waals surface area contributed by atoms with Gasteiger partial charge in [0.1, 0.15) is 18.4 Å². The lowest BCUT2D eigenvalue weighted by atomic mass is 10.2. The first kappa shape index (κ1) is 11.3. The Kier molecular flexibility index (Phi) is 3.85. The molecule has 2 rings (SSSR count). The summed E-state index contributed by atoms with van der Waals surface area (Å²) in [5.74, 6) is 0.883. The minimum atomic E-state index is 0.744. The Morgan fingerprint density at radius 3 is 2.59 bits per heavy atom. The predicted octanol–water partition coefficient (Wildman–Crippen LogP) is 1.95. The molecule has 1 aromatic heterocycles. The Morgan fingerprint density at radius 2 is 1.94 bits per heavy atom. The maximum Gasteiger partial charge on any atom is 0.141 e. The molecule has 0 radical (unpaired) electrons. The molecule has 88 valence electrons. The number of benzene rings is 1. The normalized spacial score (nSPS) is 10.9. The van der Waals surface area contributed by atoms with Crippen molar-refractivity contribution in [3.63, 3.8) is 0 Å². The van der Waals surface area contributed by atoms with Crippen molar-refractivity contribution in [1.82, 2.24) is 14.9 Å². The molecule has 0 N–H and O–H groups in total. The summed E-state index contributed by atoms with van der Waals surface area (Å²) in [7, 11) is 0. The summed E-state index contributed by atoms with van der Waals surface area (Å²) in [4.78, 5) is 0. The molecular weight excluding hydrogens is 216 g/mol. The van der Waals surface area contributed by atoms with E-state index in [4.69, 9.17) is 4.74 Å². The second-order valence-electron chi connectivity index (χ2n) is 3.50. The van der Waals surface area contributed by atoms with Crippen molar-refractivity contribution in [3.05, 3.63) is 42.5 Å². The lowest BCUT2D eigenvalue weighted by molar-refractivity contribution is 0.317. The van der Waals surface area contributed by atoms with Gasteiger partial charge in [-0.15, -0.1) is 10.2 Å². The van der Waals surface area contributed by atoms with Gasteiger partial charge in [-0.1, -0.05) is 6.92 Å². The summed E-state index contributed by atoms with van der Waals surface area (Å²) in [6, 6.07) is 7.78. The van der Waals surface area contributed by atoms with Crippen LogP contribution in [0.1, 0.15) is 18.9 Å². The number of rotatable bonds is 5. The summed E-state index contributed by atoms with van der Waals surface area (Å²) in [5.41, 5.74) is 1.00. The summed E-state index contributed by atoms with van der Waals surface area (Å²) in [6.45, 7) is 2.83. The first-order chi connectivity index (χ1) is 8.38. The third-order valence-electron chi connectivity index (χ3n) is 2.10. The van der Waals surface area contributed by atoms with E-state index in [2.05, 4.69) is 22.2 Å². The third kappa shape index (κ3) is 3.41. The Hall–Kier alpha value is -2.17. The lowest BCUT2D eigenvalue weighted by Crippen LogP contribution is -1.95. The summed E-state index contributed by atoms with van der Waals surface area (Å²) in [6.07, 6.45) is 5.83. The Morgan fingerprint density at radius 1 is 1.24 bits per heavy atom. The molecular formula is C12H14N4O. The molecule has 0 atom stereocenters. The molecule has 0 aliphatic carbocycles. The van der Waals surface area contributed by atoms with Gasteiger partial charge in [0.25, 0.3) is 0 Å². The van der Waals surface area contributed by atoms with Gasteiger partial charge in [-0.2, -0.15) is 5.10 Å². The molecule has 0 bridgehead atoms. The van der Waals surface area contributed by atoms with Crippen LogP contribution in [0.3, 0.4) is 0 Å². The van der Waals surface area contributed by atoms with Crippen molar-refractivity contribution in [2.75, 3.05) is 6.61 Å². The van der Waals surface area contributed by atoms with Crippen LogP contribution in [-0.2, 0) is 0 Å². The second kappa shape index (κ2) is 5.79. The zero-order valence-corrected chi connectivity index (χ0v) is 9.65. The van der Waals surface area contributed by atoms with Crippen molar-refractivity contribution < 1.29 is 4.74 Å². The average Bonchev–Trinajstić information content (AvgIpc) is 2.88. The molecule has 0 amide bonds. The SMILES string of the molecule is CCCOc1ccc(/C=N\n2cnnc2)cc1. The van der Waals surface area contributed by atoms with Gasteiger partial charge in [-0.05, 0) is 36.2 Å². The number of aromatic nitrogens is 3. The average molecular weight is 230 g/mol. The third-order valence-corrected chi connectivity index (χ3v) is 2.10. The van der Waals surface area contributed by atoms with E-state index in [1.807, 2.05) is 24.3 Å². The van der Waals surface area contributed by atoms with Gasteiger partial charge in [0.2, 0.25) is 0 Å². The first-order valence-electron chi connectivity index (χ1n) is 5.50. The van der Waals surface area contributed by atoms with Gasteiger partial charge in [0.05, 0.1) is 12.8 Å². The largest absolute Gasteiger partial charge is 0.494 e. The molecule has 5 heteroatoms. The minimum absolute atomic E-state index is 0.744. The van der Waals surface area contributed by atoms with E-state index in [1.165, 1.54) is 12.7 Å². The molecule has 5 nitrogen and oxygen atoms in total. The van der Waals surface area contributed by atoms with Gasteiger partial charge >= 0.3 is 0 Å². The van der Waals surface area contributed by atoms with Crippen LogP contribution in [0.25, 0.3) is 0 Å². The molecule has 0 fully saturated rings. The minimum Gasteiger partial charge on any atom is -0.494 e. The van der Waals surface area contributed by atoms with Crippen molar-refractivity contribution in [1.29, 1.82) is 0 Å². The van der Waals surface area contributed by atoms with E-state index in [1.54, 1.807) is 10.9 Å². The van der Waals surface area contributed by atoms with E-state index in [0.717, 1.165) is 24.3 Å². The summed E-state index contributed by atoms with van der Waals surface area (Å²) in [5, 5.41) is 11.5. The molecule has 0 spiro atoms. The van der Waals surface area contributed by atoms with E-state index >= 15 is 0 Å². The van der Waals surface area contributed by atoms with Crippen LogP contribution < -0.4 is 4.74 Å². The first-order valence-corrected chi connectivity index (χ1v) is 5.50. The molecule has 17 heavy (non-hydrogen) atoms. The van der Waals surface area contributed by atoms with Gasteiger partial charge in [0.15, 0.2) is 0 Å². The van der Waals surface area contributed by atoms with Crippen LogP contribution in [0.15, 0.2) is 42.0 Å². The Labute approximate surface area is 99.8 Å². The lowest BCUT2D eigenvalue weighted by Gasteiger charge is -2.03. The molecule has 0 saturated carbocycles. The van der Waals surface area contributed by atoms with Crippen LogP contribution in [-0.4, -0.2) is 27.7 Å². The van der Waals surface area contributed by atoms with Crippen molar-refractivity contribution in [2.45, 2.75) is 13.3 Å². The highest BCUT2D eigenvalue weighted by atomic mass is 16.5. The monoisotopic (exact) mass is 230 g/mol. The Balaban J connectivity index is 1.98. The number of nitrogens with zero attached hydrogens (tertiary/aromatic N) is 4. The van der Waals surface area contributed by atoms with Crippen molar-refractivity contribution in [3.8, 4) is 5.75 Å². The van der Waals surface area contributed by atoms with Crippen molar-refractivity contribution in [2.24, 2.45) is 5.10 Å². The fourth-order valence-electron chi connectivity index (χ4n) is 1.26. The number of ether oxygens (including phenoxy) is 1. The maximum absolute atomic E-state index is 5.49. The second-order valence-corrected chi connectivity index (χ2v) is 3.50. The summed E-state index contributed by atoms with van der Waals surface area (Å²) < 4.78 is 7.03. The van der Waals surface area contributed by atoms with Crippen LogP contribution >= 0.6 is 0 Å². The molecule has 1 heterocycles. The zero-order valence-electron chi connectivity index (χ0n) is 9.65. The molecule has 0 unspecified atom stereocenters. The van der Waals surface area contributed by atoms with Crippen LogP contribution in [0.4, 0.5) is 0 Å². The summed E-state index contributed by atoms with van der Waals surface area (Å²) >= 11 is 0. The predicted molar refractivity (Wildman–Crippen MR) is 65.2 cm³/mol. The molecule has 1 aromatic carbocycles. The topological polar surface area (TPSA) is 52.3 Å². The van der Waals surface area contributed by atoms with Crippen LogP contribution in [0.5, 0.6) is 5.75 Å². The molecule has 0 aliphatic rings. The van der Waals surface area contributed by atoms with Crippen LogP contribution in [0, 0.1) is 0 Å². The fourth-order valence-corrected chi connectivity index (χ4v) is 1.26. The Bertz CT molecular complexity index is 462. The molecule has 0 saturated heterocycles. The van der Waals surface area contributed by atoms with E-state index in [9.17, 15) is 0 Å². The zero-order chi connectivity index (χ0) is 11.9. The smallest absolute Gasteiger partial charge is 0.141 e. The van der Waals surface area contributed by atoms with Crippen LogP contribution in [0.2, 0.25) is 0 Å². The van der Waals surface area contributed by atoms with Gasteiger partial charge in [-0.25, -0.2) is 4.68 Å².